The van der Waals surface area contributed by atoms with E-state index in [4.69, 9.17) is 10.4 Å². The summed E-state index contributed by atoms with van der Waals surface area (Å²) in [5.74, 6) is 0.579. The van der Waals surface area contributed by atoms with Crippen molar-refractivity contribution >= 4 is 22.8 Å². The molecule has 5 aromatic rings. The van der Waals surface area contributed by atoms with E-state index in [2.05, 4.69) is 25.6 Å². The van der Waals surface area contributed by atoms with Crippen molar-refractivity contribution in [1.29, 1.82) is 0 Å². The van der Waals surface area contributed by atoms with Crippen LogP contribution >= 0.6 is 0 Å². The lowest BCUT2D eigenvalue weighted by Crippen LogP contribution is -2.22. The van der Waals surface area contributed by atoms with Gasteiger partial charge in [-0.2, -0.15) is 0 Å². The molecule has 0 spiro atoms. The number of nitrogen functional groups attached to an aromatic ring is 1. The van der Waals surface area contributed by atoms with Crippen molar-refractivity contribution in [2.75, 3.05) is 5.73 Å². The maximum atomic E-state index is 12.8. The maximum absolute atomic E-state index is 12.8. The first-order chi connectivity index (χ1) is 16.2. The molecule has 3 heterocycles. The number of carbonyl (C=O) groups is 1. The van der Waals surface area contributed by atoms with Crippen molar-refractivity contribution in [3.05, 3.63) is 78.1 Å². The molecule has 0 unspecified atom stereocenters. The van der Waals surface area contributed by atoms with Crippen LogP contribution in [0.5, 0.6) is 0 Å². The molecule has 9 nitrogen and oxygen atoms in total. The van der Waals surface area contributed by atoms with Gasteiger partial charge in [-0.05, 0) is 40.5 Å². The second kappa shape index (κ2) is 8.54. The predicted molar refractivity (Wildman–Crippen MR) is 124 cm³/mol. The number of rotatable bonds is 6. The summed E-state index contributed by atoms with van der Waals surface area (Å²) < 4.78 is 6.76. The first-order valence-corrected chi connectivity index (χ1v) is 10.5. The van der Waals surface area contributed by atoms with E-state index in [1.807, 2.05) is 60.0 Å². The highest BCUT2D eigenvalue weighted by Crippen LogP contribution is 2.33. The Kier molecular flexibility index (Phi) is 5.27. The molecule has 2 aromatic carbocycles. The summed E-state index contributed by atoms with van der Waals surface area (Å²) >= 11 is 0. The first kappa shape index (κ1) is 20.4. The average molecular weight is 439 g/mol. The summed E-state index contributed by atoms with van der Waals surface area (Å²) in [5.41, 5.74) is 11.2. The lowest BCUT2D eigenvalue weighted by Gasteiger charge is -2.10. The molecule has 0 aliphatic carbocycles. The molecule has 0 saturated heterocycles. The number of imidazole rings is 1. The van der Waals surface area contributed by atoms with Crippen LogP contribution in [0, 0.1) is 0 Å². The Hall–Kier alpha value is -4.53. The topological polar surface area (TPSA) is 125 Å². The third-order valence-electron chi connectivity index (χ3n) is 5.42. The van der Waals surface area contributed by atoms with Crippen molar-refractivity contribution in [3.8, 4) is 22.6 Å². The Bertz CT molecular complexity index is 1440. The van der Waals surface area contributed by atoms with Crippen LogP contribution < -0.4 is 11.1 Å². The van der Waals surface area contributed by atoms with E-state index in [-0.39, 0.29) is 11.7 Å². The molecule has 164 valence electrons. The number of carbonyl (C=O) groups excluding carboxylic acids is 1. The van der Waals surface area contributed by atoms with Crippen LogP contribution in [-0.2, 0) is 13.1 Å². The molecule has 9 heteroatoms. The second-order valence-corrected chi connectivity index (χ2v) is 7.48. The predicted octanol–water partition coefficient (Wildman–Crippen LogP) is 3.68. The number of nitrogens with zero attached hydrogens (tertiary/aromatic N) is 5. The van der Waals surface area contributed by atoms with Gasteiger partial charge in [0.15, 0.2) is 17.3 Å². The molecule has 0 aliphatic rings. The van der Waals surface area contributed by atoms with E-state index in [0.29, 0.717) is 35.7 Å². The zero-order valence-electron chi connectivity index (χ0n) is 17.9. The Morgan fingerprint density at radius 2 is 1.94 bits per heavy atom. The largest absolute Gasteiger partial charge is 0.379 e. The minimum atomic E-state index is -0.146. The zero-order valence-corrected chi connectivity index (χ0v) is 17.9. The SMILES string of the molecule is CCn1c(-c2nonc2N)nc2cncc(-c3cccc(C(=O)NCc4ccccc4)c3)c21. The van der Waals surface area contributed by atoms with Gasteiger partial charge >= 0.3 is 0 Å². The third-order valence-corrected chi connectivity index (χ3v) is 5.42. The molecule has 5 rings (SSSR count). The van der Waals surface area contributed by atoms with Crippen molar-refractivity contribution in [3.63, 3.8) is 0 Å². The molecule has 1 amide bonds. The number of aryl methyl sites for hydroxylation is 1. The van der Waals surface area contributed by atoms with Gasteiger partial charge in [-0.15, -0.1) is 0 Å². The van der Waals surface area contributed by atoms with E-state index in [1.165, 1.54) is 0 Å². The van der Waals surface area contributed by atoms with Crippen LogP contribution in [0.15, 0.2) is 71.6 Å². The average Bonchev–Trinajstić information content (AvgIpc) is 3.45. The Morgan fingerprint density at radius 3 is 2.70 bits per heavy atom. The van der Waals surface area contributed by atoms with Gasteiger partial charge in [0.1, 0.15) is 5.52 Å². The molecule has 3 N–H and O–H groups in total. The molecule has 0 fully saturated rings. The molecule has 0 bridgehead atoms. The highest BCUT2D eigenvalue weighted by atomic mass is 16.6. The smallest absolute Gasteiger partial charge is 0.251 e. The first-order valence-electron chi connectivity index (χ1n) is 10.5. The number of benzene rings is 2. The molecule has 0 saturated carbocycles. The van der Waals surface area contributed by atoms with Gasteiger partial charge in [0.05, 0.1) is 11.7 Å². The van der Waals surface area contributed by atoms with Gasteiger partial charge < -0.3 is 15.6 Å². The van der Waals surface area contributed by atoms with Crippen molar-refractivity contribution in [2.45, 2.75) is 20.0 Å². The molecule has 33 heavy (non-hydrogen) atoms. The summed E-state index contributed by atoms with van der Waals surface area (Å²) in [7, 11) is 0. The van der Waals surface area contributed by atoms with Crippen LogP contribution in [0.4, 0.5) is 5.82 Å². The fourth-order valence-electron chi connectivity index (χ4n) is 3.85. The standard InChI is InChI=1S/C24H21N7O2/c1-2-31-21-18(13-26-14-19(21)28-23(31)20-22(25)30-33-29-20)16-9-6-10-17(11-16)24(32)27-12-15-7-4-3-5-8-15/h3-11,13-14H,2,12H2,1H3,(H2,25,30)(H,27,32). The van der Waals surface area contributed by atoms with E-state index in [1.54, 1.807) is 18.5 Å². The minimum Gasteiger partial charge on any atom is -0.379 e. The van der Waals surface area contributed by atoms with E-state index in [9.17, 15) is 4.79 Å². The summed E-state index contributed by atoms with van der Waals surface area (Å²) in [4.78, 5) is 21.8. The van der Waals surface area contributed by atoms with Gasteiger partial charge in [-0.3, -0.25) is 9.78 Å². The van der Waals surface area contributed by atoms with Crippen molar-refractivity contribution in [2.24, 2.45) is 0 Å². The Morgan fingerprint density at radius 1 is 1.09 bits per heavy atom. The number of nitrogens with one attached hydrogen (secondary N) is 1. The van der Waals surface area contributed by atoms with Gasteiger partial charge in [-0.1, -0.05) is 42.5 Å². The van der Waals surface area contributed by atoms with E-state index >= 15 is 0 Å². The fourth-order valence-corrected chi connectivity index (χ4v) is 3.85. The van der Waals surface area contributed by atoms with Crippen LogP contribution in [0.2, 0.25) is 0 Å². The number of hydrogen-bond donors (Lipinski definition) is 2. The number of hydrogen-bond acceptors (Lipinski definition) is 7. The lowest BCUT2D eigenvalue weighted by atomic mass is 10.0. The minimum absolute atomic E-state index is 0.146. The monoisotopic (exact) mass is 439 g/mol. The molecular formula is C24H21N7O2. The van der Waals surface area contributed by atoms with Gasteiger partial charge in [0.25, 0.3) is 5.91 Å². The van der Waals surface area contributed by atoms with Crippen LogP contribution in [0.25, 0.3) is 33.7 Å². The maximum Gasteiger partial charge on any atom is 0.251 e. The second-order valence-electron chi connectivity index (χ2n) is 7.48. The molecule has 0 radical (unpaired) electrons. The van der Waals surface area contributed by atoms with Crippen molar-refractivity contribution in [1.82, 2.24) is 30.2 Å². The summed E-state index contributed by atoms with van der Waals surface area (Å²) in [5, 5.41) is 10.5. The lowest BCUT2D eigenvalue weighted by molar-refractivity contribution is 0.0951. The highest BCUT2D eigenvalue weighted by molar-refractivity contribution is 5.98. The summed E-state index contributed by atoms with van der Waals surface area (Å²) in [6.45, 7) is 3.08. The number of nitrogens with two attached hydrogens (primary N) is 1. The normalized spacial score (nSPS) is 11.1. The number of amides is 1. The van der Waals surface area contributed by atoms with Crippen molar-refractivity contribution < 1.29 is 9.42 Å². The van der Waals surface area contributed by atoms with Gasteiger partial charge in [0.2, 0.25) is 0 Å². The molecule has 0 aliphatic heterocycles. The Balaban J connectivity index is 1.53. The molecular weight excluding hydrogens is 418 g/mol. The van der Waals surface area contributed by atoms with E-state index in [0.717, 1.165) is 22.2 Å². The van der Waals surface area contributed by atoms with Crippen LogP contribution in [0.3, 0.4) is 0 Å². The quantitative estimate of drug-likeness (QED) is 0.413. The van der Waals surface area contributed by atoms with Crippen LogP contribution in [0.1, 0.15) is 22.8 Å². The number of fused-ring (bicyclic) bond motifs is 1. The summed E-state index contributed by atoms with van der Waals surface area (Å²) in [6, 6.07) is 17.3. The molecule has 3 aromatic heterocycles. The Labute approximate surface area is 189 Å². The van der Waals surface area contributed by atoms with Gasteiger partial charge in [0, 0.05) is 30.4 Å². The number of anilines is 1. The van der Waals surface area contributed by atoms with Gasteiger partial charge in [-0.25, -0.2) is 9.61 Å². The zero-order chi connectivity index (χ0) is 22.8. The highest BCUT2D eigenvalue weighted by Gasteiger charge is 2.21. The fraction of sp³-hybridized carbons (Fsp3) is 0.125. The van der Waals surface area contributed by atoms with E-state index < -0.39 is 0 Å². The molecule has 0 atom stereocenters. The number of pyridine rings is 1. The third kappa shape index (κ3) is 3.80. The summed E-state index contributed by atoms with van der Waals surface area (Å²) in [6.07, 6.45) is 3.46. The van der Waals surface area contributed by atoms with Crippen LogP contribution in [-0.4, -0.2) is 30.8 Å². The number of aromatic nitrogens is 5.